The number of rotatable bonds is 33. The zero-order valence-electron chi connectivity index (χ0n) is 26.8. The Morgan fingerprint density at radius 3 is 1.13 bits per heavy atom. The second-order valence-electron chi connectivity index (χ2n) is 12.2. The van der Waals surface area contributed by atoms with Gasteiger partial charge in [-0.1, -0.05) is 181 Å². The van der Waals surface area contributed by atoms with Gasteiger partial charge in [-0.2, -0.15) is 0 Å². The maximum absolute atomic E-state index is 12.2. The van der Waals surface area contributed by atoms with Gasteiger partial charge in [-0.15, -0.1) is 0 Å². The highest BCUT2D eigenvalue weighted by molar-refractivity contribution is 5.69. The molecule has 3 nitrogen and oxygen atoms in total. The molecular formula is C36H70O3. The van der Waals surface area contributed by atoms with Gasteiger partial charge in [0.1, 0.15) is 12.4 Å². The Bertz CT molecular complexity index is 490. The average molecular weight is 551 g/mol. The standard InChI is InChI=1S/C36H70O3/c1-3-5-7-9-11-12-13-14-15-16-17-18-19-20-21-22-23-24-26-28-30-32-36(38)39-35(33-34-37)31-29-27-25-10-8-6-4-2/h34-35H,3-33H2,1-2H3. The summed E-state index contributed by atoms with van der Waals surface area (Å²) in [6.07, 6.45) is 39.8. The van der Waals surface area contributed by atoms with Crippen molar-refractivity contribution < 1.29 is 14.3 Å². The molecule has 0 amide bonds. The minimum atomic E-state index is -0.208. The Hall–Kier alpha value is -0.860. The lowest BCUT2D eigenvalue weighted by molar-refractivity contribution is -0.150. The monoisotopic (exact) mass is 551 g/mol. The lowest BCUT2D eigenvalue weighted by Gasteiger charge is -2.15. The van der Waals surface area contributed by atoms with Crippen molar-refractivity contribution in [2.24, 2.45) is 0 Å². The summed E-state index contributed by atoms with van der Waals surface area (Å²) in [6, 6.07) is 0. The van der Waals surface area contributed by atoms with Gasteiger partial charge < -0.3 is 9.53 Å². The largest absolute Gasteiger partial charge is 0.462 e. The van der Waals surface area contributed by atoms with Crippen LogP contribution in [-0.2, 0) is 14.3 Å². The zero-order valence-corrected chi connectivity index (χ0v) is 26.8. The smallest absolute Gasteiger partial charge is 0.306 e. The second-order valence-corrected chi connectivity index (χ2v) is 12.2. The topological polar surface area (TPSA) is 43.4 Å². The number of carbonyl (C=O) groups excluding carboxylic acids is 2. The maximum atomic E-state index is 12.2. The quantitative estimate of drug-likeness (QED) is 0.0463. The van der Waals surface area contributed by atoms with Crippen LogP contribution in [0.5, 0.6) is 0 Å². The summed E-state index contributed by atoms with van der Waals surface area (Å²) < 4.78 is 5.61. The van der Waals surface area contributed by atoms with E-state index >= 15 is 0 Å². The molecule has 39 heavy (non-hydrogen) atoms. The van der Waals surface area contributed by atoms with Gasteiger partial charge in [0.15, 0.2) is 0 Å². The molecule has 0 radical (unpaired) electrons. The molecule has 232 valence electrons. The fraction of sp³-hybridized carbons (Fsp3) is 0.944. The molecule has 0 rings (SSSR count). The predicted octanol–water partition coefficient (Wildman–Crippen LogP) is 12.2. The van der Waals surface area contributed by atoms with E-state index in [-0.39, 0.29) is 12.1 Å². The van der Waals surface area contributed by atoms with E-state index in [4.69, 9.17) is 4.74 Å². The lowest BCUT2D eigenvalue weighted by atomic mass is 10.0. The first-order chi connectivity index (χ1) is 19.2. The van der Waals surface area contributed by atoms with E-state index < -0.39 is 0 Å². The van der Waals surface area contributed by atoms with Gasteiger partial charge >= 0.3 is 5.97 Å². The van der Waals surface area contributed by atoms with E-state index in [1.54, 1.807) is 0 Å². The number of aldehydes is 1. The van der Waals surface area contributed by atoms with Gasteiger partial charge in [0, 0.05) is 12.8 Å². The van der Waals surface area contributed by atoms with Crippen LogP contribution in [-0.4, -0.2) is 18.4 Å². The molecule has 1 atom stereocenters. The van der Waals surface area contributed by atoms with E-state index in [1.165, 1.54) is 161 Å². The SMILES string of the molecule is CCCCCCCCCCCCCCCCCCCCCCCC(=O)OC(CC=O)CCCCCCCCC. The molecule has 0 spiro atoms. The highest BCUT2D eigenvalue weighted by atomic mass is 16.5. The summed E-state index contributed by atoms with van der Waals surface area (Å²) in [7, 11) is 0. The zero-order chi connectivity index (χ0) is 28.5. The lowest BCUT2D eigenvalue weighted by Crippen LogP contribution is -2.18. The highest BCUT2D eigenvalue weighted by Gasteiger charge is 2.13. The van der Waals surface area contributed by atoms with Crippen molar-refractivity contribution in [1.29, 1.82) is 0 Å². The number of esters is 1. The van der Waals surface area contributed by atoms with Crippen molar-refractivity contribution in [2.75, 3.05) is 0 Å². The molecule has 3 heteroatoms. The van der Waals surface area contributed by atoms with Crippen LogP contribution in [0.15, 0.2) is 0 Å². The van der Waals surface area contributed by atoms with Gasteiger partial charge in [-0.05, 0) is 19.3 Å². The number of hydrogen-bond donors (Lipinski definition) is 0. The first-order valence-electron chi connectivity index (χ1n) is 17.9. The van der Waals surface area contributed by atoms with E-state index in [9.17, 15) is 9.59 Å². The van der Waals surface area contributed by atoms with Crippen LogP contribution in [0.3, 0.4) is 0 Å². The first-order valence-corrected chi connectivity index (χ1v) is 17.9. The molecule has 0 saturated carbocycles. The van der Waals surface area contributed by atoms with Crippen LogP contribution in [0, 0.1) is 0 Å². The summed E-state index contributed by atoms with van der Waals surface area (Å²) in [5, 5.41) is 0. The molecule has 1 unspecified atom stereocenters. The Morgan fingerprint density at radius 1 is 0.487 bits per heavy atom. The highest BCUT2D eigenvalue weighted by Crippen LogP contribution is 2.17. The van der Waals surface area contributed by atoms with Crippen molar-refractivity contribution in [3.8, 4) is 0 Å². The van der Waals surface area contributed by atoms with Gasteiger partial charge in [0.2, 0.25) is 0 Å². The Balaban J connectivity index is 3.39. The fourth-order valence-corrected chi connectivity index (χ4v) is 5.61. The third-order valence-electron chi connectivity index (χ3n) is 8.27. The van der Waals surface area contributed by atoms with Crippen LogP contribution in [0.2, 0.25) is 0 Å². The molecule has 0 bridgehead atoms. The minimum Gasteiger partial charge on any atom is -0.462 e. The van der Waals surface area contributed by atoms with Crippen molar-refractivity contribution in [1.82, 2.24) is 0 Å². The molecule has 0 N–H and O–H groups in total. The van der Waals surface area contributed by atoms with E-state index in [2.05, 4.69) is 13.8 Å². The maximum Gasteiger partial charge on any atom is 0.306 e. The van der Waals surface area contributed by atoms with Gasteiger partial charge in [-0.3, -0.25) is 4.79 Å². The minimum absolute atomic E-state index is 0.109. The van der Waals surface area contributed by atoms with Crippen molar-refractivity contribution in [3.05, 3.63) is 0 Å². The third kappa shape index (κ3) is 31.5. The summed E-state index contributed by atoms with van der Waals surface area (Å²) >= 11 is 0. The van der Waals surface area contributed by atoms with Gasteiger partial charge in [0.25, 0.3) is 0 Å². The van der Waals surface area contributed by atoms with Crippen LogP contribution in [0.4, 0.5) is 0 Å². The molecule has 0 fully saturated rings. The molecule has 0 aliphatic carbocycles. The molecule has 0 saturated heterocycles. The Labute approximate surface area is 245 Å². The van der Waals surface area contributed by atoms with Gasteiger partial charge in [-0.25, -0.2) is 0 Å². The van der Waals surface area contributed by atoms with E-state index in [0.717, 1.165) is 32.0 Å². The fourth-order valence-electron chi connectivity index (χ4n) is 5.61. The van der Waals surface area contributed by atoms with Crippen LogP contribution in [0.25, 0.3) is 0 Å². The molecule has 0 aromatic rings. The first kappa shape index (κ1) is 38.1. The summed E-state index contributed by atoms with van der Waals surface area (Å²) in [4.78, 5) is 23.2. The summed E-state index contributed by atoms with van der Waals surface area (Å²) in [5.74, 6) is -0.109. The van der Waals surface area contributed by atoms with Crippen LogP contribution >= 0.6 is 0 Å². The van der Waals surface area contributed by atoms with E-state index in [0.29, 0.717) is 12.8 Å². The van der Waals surface area contributed by atoms with Crippen molar-refractivity contribution >= 4 is 12.3 Å². The third-order valence-corrected chi connectivity index (χ3v) is 8.27. The number of ether oxygens (including phenoxy) is 1. The number of carbonyl (C=O) groups is 2. The molecule has 0 aliphatic rings. The van der Waals surface area contributed by atoms with Crippen molar-refractivity contribution in [3.63, 3.8) is 0 Å². The molecule has 0 aromatic heterocycles. The molecule has 0 heterocycles. The van der Waals surface area contributed by atoms with Crippen LogP contribution in [0.1, 0.15) is 213 Å². The summed E-state index contributed by atoms with van der Waals surface area (Å²) in [5.41, 5.74) is 0. The predicted molar refractivity (Wildman–Crippen MR) is 170 cm³/mol. The molecular weight excluding hydrogens is 480 g/mol. The second kappa shape index (κ2) is 33.3. The Kier molecular flexibility index (Phi) is 32.6. The number of hydrogen-bond acceptors (Lipinski definition) is 3. The number of unbranched alkanes of at least 4 members (excludes halogenated alkanes) is 26. The van der Waals surface area contributed by atoms with E-state index in [1.807, 2.05) is 0 Å². The van der Waals surface area contributed by atoms with Gasteiger partial charge in [0.05, 0.1) is 0 Å². The summed E-state index contributed by atoms with van der Waals surface area (Å²) in [6.45, 7) is 4.53. The van der Waals surface area contributed by atoms with Crippen molar-refractivity contribution in [2.45, 2.75) is 219 Å². The van der Waals surface area contributed by atoms with Crippen LogP contribution < -0.4 is 0 Å². The Morgan fingerprint density at radius 2 is 0.795 bits per heavy atom. The average Bonchev–Trinajstić information content (AvgIpc) is 2.93. The molecule has 0 aromatic carbocycles. The normalized spacial score (nSPS) is 12.1. The molecule has 0 aliphatic heterocycles.